The van der Waals surface area contributed by atoms with E-state index >= 15 is 0 Å². The number of Topliss-reactive ketones (excluding diaryl/α,β-unsaturated/α-hetero) is 1. The highest BCUT2D eigenvalue weighted by atomic mass is 32.2. The van der Waals surface area contributed by atoms with Gasteiger partial charge in [-0.15, -0.1) is 5.10 Å². The number of aromatic nitrogens is 4. The first-order chi connectivity index (χ1) is 6.24. The SMILES string of the molecule is CCCC(=O)CSc1nnnn1C. The van der Waals surface area contributed by atoms with Crippen LogP contribution in [0, 0.1) is 0 Å². The van der Waals surface area contributed by atoms with E-state index in [0.29, 0.717) is 17.3 Å². The first kappa shape index (κ1) is 10.2. The number of carbonyl (C=O) groups excluding carboxylic acids is 1. The summed E-state index contributed by atoms with van der Waals surface area (Å²) in [6.07, 6.45) is 1.54. The summed E-state index contributed by atoms with van der Waals surface area (Å²) in [4.78, 5) is 11.2. The smallest absolute Gasteiger partial charge is 0.209 e. The average Bonchev–Trinajstić information content (AvgIpc) is 2.48. The van der Waals surface area contributed by atoms with Gasteiger partial charge in [-0.2, -0.15) is 0 Å². The van der Waals surface area contributed by atoms with Crippen molar-refractivity contribution < 1.29 is 4.79 Å². The summed E-state index contributed by atoms with van der Waals surface area (Å²) in [5.74, 6) is 0.706. The first-order valence-corrected chi connectivity index (χ1v) is 5.09. The van der Waals surface area contributed by atoms with E-state index in [2.05, 4.69) is 15.5 Å². The highest BCUT2D eigenvalue weighted by molar-refractivity contribution is 7.99. The van der Waals surface area contributed by atoms with Gasteiger partial charge in [-0.3, -0.25) is 4.79 Å². The van der Waals surface area contributed by atoms with Crippen molar-refractivity contribution in [2.45, 2.75) is 24.9 Å². The number of carbonyl (C=O) groups is 1. The second kappa shape index (κ2) is 4.96. The van der Waals surface area contributed by atoms with Gasteiger partial charge in [0.15, 0.2) is 0 Å². The predicted molar refractivity (Wildman–Crippen MR) is 49.4 cm³/mol. The van der Waals surface area contributed by atoms with Gasteiger partial charge in [0.1, 0.15) is 5.78 Å². The van der Waals surface area contributed by atoms with Crippen molar-refractivity contribution in [2.24, 2.45) is 7.05 Å². The van der Waals surface area contributed by atoms with Crippen LogP contribution in [-0.2, 0) is 11.8 Å². The van der Waals surface area contributed by atoms with Crippen LogP contribution >= 0.6 is 11.8 Å². The van der Waals surface area contributed by atoms with Gasteiger partial charge in [0.2, 0.25) is 5.16 Å². The molecule has 0 aliphatic rings. The summed E-state index contributed by atoms with van der Waals surface area (Å²) in [5, 5.41) is 11.6. The van der Waals surface area contributed by atoms with Crippen molar-refractivity contribution in [1.82, 2.24) is 20.2 Å². The average molecular weight is 200 g/mol. The molecular formula is C7H12N4OS. The maximum absolute atomic E-state index is 11.2. The van der Waals surface area contributed by atoms with Gasteiger partial charge in [-0.05, 0) is 16.8 Å². The third kappa shape index (κ3) is 3.14. The fraction of sp³-hybridized carbons (Fsp3) is 0.714. The first-order valence-electron chi connectivity index (χ1n) is 4.11. The normalized spacial score (nSPS) is 10.3. The van der Waals surface area contributed by atoms with E-state index in [4.69, 9.17) is 0 Å². The predicted octanol–water partition coefficient (Wildman–Crippen LogP) is 0.671. The third-order valence-electron chi connectivity index (χ3n) is 1.47. The molecule has 0 aliphatic carbocycles. The molecule has 5 nitrogen and oxygen atoms in total. The molecule has 0 amide bonds. The lowest BCUT2D eigenvalue weighted by Crippen LogP contribution is -2.02. The molecule has 1 heterocycles. The van der Waals surface area contributed by atoms with Gasteiger partial charge < -0.3 is 0 Å². The van der Waals surface area contributed by atoms with Crippen molar-refractivity contribution in [1.29, 1.82) is 0 Å². The Morgan fingerprint density at radius 1 is 1.62 bits per heavy atom. The lowest BCUT2D eigenvalue weighted by molar-refractivity contribution is -0.116. The van der Waals surface area contributed by atoms with Gasteiger partial charge in [-0.1, -0.05) is 18.7 Å². The number of ketones is 1. The van der Waals surface area contributed by atoms with E-state index in [9.17, 15) is 4.79 Å². The van der Waals surface area contributed by atoms with Crippen molar-refractivity contribution in [3.05, 3.63) is 0 Å². The molecule has 1 rings (SSSR count). The van der Waals surface area contributed by atoms with Crippen molar-refractivity contribution in [3.63, 3.8) is 0 Å². The van der Waals surface area contributed by atoms with Gasteiger partial charge in [0.05, 0.1) is 5.75 Å². The number of hydrogen-bond acceptors (Lipinski definition) is 5. The van der Waals surface area contributed by atoms with Gasteiger partial charge >= 0.3 is 0 Å². The Hall–Kier alpha value is -0.910. The van der Waals surface area contributed by atoms with Crippen LogP contribution in [0.1, 0.15) is 19.8 Å². The summed E-state index contributed by atoms with van der Waals surface area (Å²) < 4.78 is 1.56. The zero-order chi connectivity index (χ0) is 9.68. The highest BCUT2D eigenvalue weighted by Crippen LogP contribution is 2.12. The third-order valence-corrected chi connectivity index (χ3v) is 2.54. The molecule has 0 saturated heterocycles. The summed E-state index contributed by atoms with van der Waals surface area (Å²) in [6, 6.07) is 0. The van der Waals surface area contributed by atoms with Crippen LogP contribution in [0.5, 0.6) is 0 Å². The number of hydrogen-bond donors (Lipinski definition) is 0. The molecule has 6 heteroatoms. The van der Waals surface area contributed by atoms with Gasteiger partial charge in [-0.25, -0.2) is 4.68 Å². The standard InChI is InChI=1S/C7H12N4OS/c1-3-4-6(12)5-13-7-8-9-10-11(7)2/h3-5H2,1-2H3. The summed E-state index contributed by atoms with van der Waals surface area (Å²) >= 11 is 1.38. The number of tetrazole rings is 1. The fourth-order valence-electron chi connectivity index (χ4n) is 0.840. The molecule has 13 heavy (non-hydrogen) atoms. The van der Waals surface area contributed by atoms with Crippen LogP contribution in [0.15, 0.2) is 5.16 Å². The Labute approximate surface area is 80.9 Å². The van der Waals surface area contributed by atoms with Gasteiger partial charge in [0.25, 0.3) is 0 Å². The Morgan fingerprint density at radius 2 is 2.38 bits per heavy atom. The molecule has 0 atom stereocenters. The molecule has 0 spiro atoms. The number of aryl methyl sites for hydroxylation is 1. The summed E-state index contributed by atoms with van der Waals surface area (Å²) in [5.41, 5.74) is 0. The van der Waals surface area contributed by atoms with Crippen LogP contribution in [-0.4, -0.2) is 31.7 Å². The van der Waals surface area contributed by atoms with Crippen LogP contribution in [0.3, 0.4) is 0 Å². The van der Waals surface area contributed by atoms with E-state index in [-0.39, 0.29) is 5.78 Å². The minimum atomic E-state index is 0.246. The van der Waals surface area contributed by atoms with Crippen LogP contribution < -0.4 is 0 Å². The zero-order valence-electron chi connectivity index (χ0n) is 7.73. The topological polar surface area (TPSA) is 60.7 Å². The highest BCUT2D eigenvalue weighted by Gasteiger charge is 2.06. The Balaban J connectivity index is 2.35. The molecule has 0 radical (unpaired) electrons. The summed E-state index contributed by atoms with van der Waals surface area (Å²) in [6.45, 7) is 1.99. The molecular weight excluding hydrogens is 188 g/mol. The molecule has 1 aromatic rings. The quantitative estimate of drug-likeness (QED) is 0.654. The van der Waals surface area contributed by atoms with E-state index in [1.807, 2.05) is 6.92 Å². The number of rotatable bonds is 5. The van der Waals surface area contributed by atoms with Gasteiger partial charge in [0, 0.05) is 13.5 Å². The second-order valence-electron chi connectivity index (χ2n) is 2.66. The van der Waals surface area contributed by atoms with E-state index in [0.717, 1.165) is 6.42 Å². The van der Waals surface area contributed by atoms with Crippen LogP contribution in [0.2, 0.25) is 0 Å². The molecule has 0 aromatic carbocycles. The molecule has 0 saturated carbocycles. The molecule has 0 aliphatic heterocycles. The Bertz CT molecular complexity index is 286. The minimum absolute atomic E-state index is 0.246. The minimum Gasteiger partial charge on any atom is -0.299 e. The second-order valence-corrected chi connectivity index (χ2v) is 3.60. The van der Waals surface area contributed by atoms with Crippen molar-refractivity contribution in [3.8, 4) is 0 Å². The molecule has 0 fully saturated rings. The molecule has 72 valence electrons. The molecule has 0 bridgehead atoms. The summed E-state index contributed by atoms with van der Waals surface area (Å²) in [7, 11) is 1.76. The van der Waals surface area contributed by atoms with Crippen molar-refractivity contribution >= 4 is 17.5 Å². The number of nitrogens with zero attached hydrogens (tertiary/aromatic N) is 4. The lowest BCUT2D eigenvalue weighted by Gasteiger charge is -1.97. The lowest BCUT2D eigenvalue weighted by atomic mass is 10.3. The van der Waals surface area contributed by atoms with Crippen molar-refractivity contribution in [2.75, 3.05) is 5.75 Å². The zero-order valence-corrected chi connectivity index (χ0v) is 8.54. The monoisotopic (exact) mass is 200 g/mol. The van der Waals surface area contributed by atoms with Crippen LogP contribution in [0.25, 0.3) is 0 Å². The largest absolute Gasteiger partial charge is 0.299 e. The number of thioether (sulfide) groups is 1. The van der Waals surface area contributed by atoms with E-state index in [1.165, 1.54) is 11.8 Å². The van der Waals surface area contributed by atoms with E-state index < -0.39 is 0 Å². The maximum atomic E-state index is 11.2. The molecule has 0 unspecified atom stereocenters. The molecule has 1 aromatic heterocycles. The Morgan fingerprint density at radius 3 is 2.92 bits per heavy atom. The fourth-order valence-corrected chi connectivity index (χ4v) is 1.59. The van der Waals surface area contributed by atoms with E-state index in [1.54, 1.807) is 11.7 Å². The maximum Gasteiger partial charge on any atom is 0.209 e. The molecule has 0 N–H and O–H groups in total. The Kier molecular flexibility index (Phi) is 3.88. The van der Waals surface area contributed by atoms with Crippen LogP contribution in [0.4, 0.5) is 0 Å².